The van der Waals surface area contributed by atoms with E-state index in [9.17, 15) is 22.8 Å². The third-order valence-corrected chi connectivity index (χ3v) is 4.71. The van der Waals surface area contributed by atoms with E-state index in [1.165, 1.54) is 47.0 Å². The highest BCUT2D eigenvalue weighted by Crippen LogP contribution is 2.36. The predicted octanol–water partition coefficient (Wildman–Crippen LogP) is 4.48. The Morgan fingerprint density at radius 3 is 2.58 bits per heavy atom. The number of aromatic carboxylic acids is 1. The number of carboxylic acid groups (broad SMARTS) is 1. The maximum absolute atomic E-state index is 12.9. The largest absolute Gasteiger partial charge is 0.478 e. The molecule has 1 N–H and O–H groups in total. The fourth-order valence-corrected chi connectivity index (χ4v) is 3.43. The molecule has 0 spiro atoms. The summed E-state index contributed by atoms with van der Waals surface area (Å²) < 4.78 is 38.6. The lowest BCUT2D eigenvalue weighted by Crippen LogP contribution is -2.24. The van der Waals surface area contributed by atoms with Crippen LogP contribution < -0.4 is 4.90 Å². The number of benzene rings is 2. The quantitative estimate of drug-likeness (QED) is 0.799. The van der Waals surface area contributed by atoms with Crippen molar-refractivity contribution in [1.82, 2.24) is 0 Å². The number of nitrogens with zero attached hydrogens (tertiary/aromatic N) is 1. The lowest BCUT2D eigenvalue weighted by Gasteiger charge is -2.16. The zero-order valence-corrected chi connectivity index (χ0v) is 14.0. The van der Waals surface area contributed by atoms with E-state index in [0.717, 1.165) is 12.1 Å². The average molecular weight is 379 g/mol. The van der Waals surface area contributed by atoms with Crippen LogP contribution >= 0.6 is 11.8 Å². The Bertz CT molecular complexity index is 909. The van der Waals surface area contributed by atoms with E-state index in [4.69, 9.17) is 5.11 Å². The number of halogens is 3. The first-order chi connectivity index (χ1) is 12.3. The highest BCUT2D eigenvalue weighted by atomic mass is 32.2. The Kier molecular flexibility index (Phi) is 4.78. The maximum Gasteiger partial charge on any atom is 0.416 e. The summed E-state index contributed by atoms with van der Waals surface area (Å²) in [6, 6.07) is 10.7. The predicted molar refractivity (Wildman–Crippen MR) is 92.8 cm³/mol. The van der Waals surface area contributed by atoms with E-state index in [-0.39, 0.29) is 17.1 Å². The Morgan fingerprint density at radius 2 is 1.88 bits per heavy atom. The average Bonchev–Trinajstić information content (AvgIpc) is 2.95. The zero-order valence-electron chi connectivity index (χ0n) is 13.2. The number of carboxylic acids is 1. The Labute approximate surface area is 150 Å². The minimum Gasteiger partial charge on any atom is -0.478 e. The second-order valence-electron chi connectivity index (χ2n) is 5.49. The molecule has 0 atom stereocenters. The minimum atomic E-state index is -4.48. The highest BCUT2D eigenvalue weighted by molar-refractivity contribution is 8.04. The van der Waals surface area contributed by atoms with Crippen LogP contribution in [0.25, 0.3) is 6.08 Å². The van der Waals surface area contributed by atoms with Crippen LogP contribution in [0.2, 0.25) is 0 Å². The van der Waals surface area contributed by atoms with Crippen LogP contribution in [0.3, 0.4) is 0 Å². The lowest BCUT2D eigenvalue weighted by molar-refractivity contribution is -0.137. The molecule has 1 amide bonds. The van der Waals surface area contributed by atoms with Crippen LogP contribution in [0.15, 0.2) is 53.4 Å². The van der Waals surface area contributed by atoms with Gasteiger partial charge in [0.25, 0.3) is 5.91 Å². The van der Waals surface area contributed by atoms with Crippen molar-refractivity contribution in [3.8, 4) is 0 Å². The molecule has 134 valence electrons. The van der Waals surface area contributed by atoms with Gasteiger partial charge in [-0.25, -0.2) is 4.79 Å². The first kappa shape index (κ1) is 18.1. The number of amides is 1. The number of carbonyl (C=O) groups excluding carboxylic acids is 1. The molecule has 0 radical (unpaired) electrons. The van der Waals surface area contributed by atoms with Gasteiger partial charge in [-0.3, -0.25) is 9.69 Å². The molecule has 0 saturated carbocycles. The van der Waals surface area contributed by atoms with E-state index in [2.05, 4.69) is 0 Å². The van der Waals surface area contributed by atoms with Crippen LogP contribution in [0.4, 0.5) is 18.9 Å². The van der Waals surface area contributed by atoms with Crippen LogP contribution in [-0.4, -0.2) is 22.9 Å². The summed E-state index contributed by atoms with van der Waals surface area (Å²) in [5.41, 5.74) is -0.0319. The monoisotopic (exact) mass is 379 g/mol. The molecule has 26 heavy (non-hydrogen) atoms. The number of rotatable bonds is 3. The molecule has 0 aromatic heterocycles. The van der Waals surface area contributed by atoms with Gasteiger partial charge in [-0.1, -0.05) is 30.0 Å². The van der Waals surface area contributed by atoms with Crippen molar-refractivity contribution in [2.45, 2.75) is 6.18 Å². The van der Waals surface area contributed by atoms with Gasteiger partial charge in [-0.15, -0.1) is 0 Å². The summed E-state index contributed by atoms with van der Waals surface area (Å²) in [5, 5.41) is 9.01. The third kappa shape index (κ3) is 3.75. The van der Waals surface area contributed by atoms with Crippen LogP contribution in [0, 0.1) is 0 Å². The van der Waals surface area contributed by atoms with Crippen molar-refractivity contribution in [2.24, 2.45) is 0 Å². The topological polar surface area (TPSA) is 57.6 Å². The number of anilines is 1. The van der Waals surface area contributed by atoms with Gasteiger partial charge in [0.2, 0.25) is 0 Å². The summed E-state index contributed by atoms with van der Waals surface area (Å²) in [4.78, 5) is 25.1. The van der Waals surface area contributed by atoms with Crippen molar-refractivity contribution in [2.75, 3.05) is 10.8 Å². The SMILES string of the molecule is O=C(O)c1cccc(/C=C2\SCN(c3cccc(C(F)(F)F)c3)C2=O)c1. The molecular weight excluding hydrogens is 367 g/mol. The Hall–Kier alpha value is -2.74. The fraction of sp³-hybridized carbons (Fsp3) is 0.111. The van der Waals surface area contributed by atoms with Gasteiger partial charge in [0, 0.05) is 5.69 Å². The summed E-state index contributed by atoms with van der Waals surface area (Å²) in [6.45, 7) is 0. The van der Waals surface area contributed by atoms with Crippen LogP contribution in [0.1, 0.15) is 21.5 Å². The molecule has 0 aliphatic carbocycles. The van der Waals surface area contributed by atoms with E-state index in [0.29, 0.717) is 10.5 Å². The van der Waals surface area contributed by atoms with E-state index >= 15 is 0 Å². The van der Waals surface area contributed by atoms with Gasteiger partial charge >= 0.3 is 12.1 Å². The first-order valence-electron chi connectivity index (χ1n) is 7.43. The first-order valence-corrected chi connectivity index (χ1v) is 8.41. The Morgan fingerprint density at radius 1 is 1.15 bits per heavy atom. The van der Waals surface area contributed by atoms with Gasteiger partial charge < -0.3 is 5.11 Å². The molecule has 2 aromatic rings. The van der Waals surface area contributed by atoms with E-state index in [1.807, 2.05) is 0 Å². The number of alkyl halides is 3. The van der Waals surface area contributed by atoms with E-state index in [1.54, 1.807) is 12.1 Å². The normalized spacial score (nSPS) is 16.3. The fourth-order valence-electron chi connectivity index (χ4n) is 2.45. The molecule has 4 nitrogen and oxygen atoms in total. The summed E-state index contributed by atoms with van der Waals surface area (Å²) >= 11 is 1.18. The smallest absolute Gasteiger partial charge is 0.416 e. The number of hydrogen-bond acceptors (Lipinski definition) is 3. The van der Waals surface area contributed by atoms with Crippen molar-refractivity contribution < 1.29 is 27.9 Å². The molecule has 1 aliphatic rings. The van der Waals surface area contributed by atoms with Crippen molar-refractivity contribution >= 4 is 35.4 Å². The Balaban J connectivity index is 1.87. The molecular formula is C18H12F3NO3S. The van der Waals surface area contributed by atoms with Crippen LogP contribution in [-0.2, 0) is 11.0 Å². The van der Waals surface area contributed by atoms with Gasteiger partial charge in [-0.05, 0) is 42.0 Å². The summed E-state index contributed by atoms with van der Waals surface area (Å²) in [6.07, 6.45) is -2.95. The molecule has 2 aromatic carbocycles. The van der Waals surface area contributed by atoms with Crippen molar-refractivity contribution in [3.63, 3.8) is 0 Å². The second kappa shape index (κ2) is 6.87. The summed E-state index contributed by atoms with van der Waals surface area (Å²) in [7, 11) is 0. The third-order valence-electron chi connectivity index (χ3n) is 3.72. The molecule has 8 heteroatoms. The molecule has 1 saturated heterocycles. The van der Waals surface area contributed by atoms with Crippen LogP contribution in [0.5, 0.6) is 0 Å². The summed E-state index contributed by atoms with van der Waals surface area (Å²) in [5.74, 6) is -1.32. The minimum absolute atomic E-state index is 0.0875. The van der Waals surface area contributed by atoms with Gasteiger partial charge in [0.15, 0.2) is 0 Å². The molecule has 1 fully saturated rings. The maximum atomic E-state index is 12.9. The van der Waals surface area contributed by atoms with Crippen molar-refractivity contribution in [1.29, 1.82) is 0 Å². The standard InChI is InChI=1S/C18H12F3NO3S/c19-18(20,21)13-5-2-6-14(9-13)22-10-26-15(16(22)23)8-11-3-1-4-12(7-11)17(24)25/h1-9H,10H2,(H,24,25)/b15-8-. The molecule has 1 aliphatic heterocycles. The number of thioether (sulfide) groups is 1. The molecule has 3 rings (SSSR count). The van der Waals surface area contributed by atoms with Crippen molar-refractivity contribution in [3.05, 3.63) is 70.1 Å². The second-order valence-corrected chi connectivity index (χ2v) is 6.48. The zero-order chi connectivity index (χ0) is 18.9. The molecule has 0 unspecified atom stereocenters. The highest BCUT2D eigenvalue weighted by Gasteiger charge is 2.33. The molecule has 1 heterocycles. The van der Waals surface area contributed by atoms with Gasteiger partial charge in [0.05, 0.1) is 21.9 Å². The number of hydrogen-bond donors (Lipinski definition) is 1. The van der Waals surface area contributed by atoms with Gasteiger partial charge in [-0.2, -0.15) is 13.2 Å². The van der Waals surface area contributed by atoms with Gasteiger partial charge in [0.1, 0.15) is 0 Å². The van der Waals surface area contributed by atoms with E-state index < -0.39 is 23.6 Å². The number of carbonyl (C=O) groups is 2. The molecule has 0 bridgehead atoms. The lowest BCUT2D eigenvalue weighted by atomic mass is 10.1.